The Hall–Kier alpha value is -0.540. The van der Waals surface area contributed by atoms with Gasteiger partial charge < -0.3 is 0 Å². The van der Waals surface area contributed by atoms with E-state index in [2.05, 4.69) is 0 Å². The van der Waals surface area contributed by atoms with E-state index in [1.54, 1.807) is 13.2 Å². The van der Waals surface area contributed by atoms with Crippen LogP contribution < -0.4 is 0 Å². The summed E-state index contributed by atoms with van der Waals surface area (Å²) in [5, 5.41) is 8.21. The molecule has 70 valence electrons. The predicted octanol–water partition coefficient (Wildman–Crippen LogP) is 3.48. The molecule has 13 heavy (non-hydrogen) atoms. The summed E-state index contributed by atoms with van der Waals surface area (Å²) in [6.45, 7) is 1.65. The summed E-state index contributed by atoms with van der Waals surface area (Å²) in [6, 6.07) is 2.84. The van der Waals surface area contributed by atoms with Crippen LogP contribution in [-0.4, -0.2) is 11.3 Å². The average molecular weight is 218 g/mol. The van der Waals surface area contributed by atoms with Crippen LogP contribution in [0.1, 0.15) is 11.1 Å². The molecule has 1 N–H and O–H groups in total. The molecule has 0 saturated heterocycles. The lowest BCUT2D eigenvalue weighted by molar-refractivity contribution is 0.618. The number of nitrogens with one attached hydrogen (secondary N) is 1. The van der Waals surface area contributed by atoms with Crippen LogP contribution in [0.25, 0.3) is 0 Å². The maximum absolute atomic E-state index is 13.1. The summed E-state index contributed by atoms with van der Waals surface area (Å²) >= 11 is 7.09. The van der Waals surface area contributed by atoms with E-state index in [4.69, 9.17) is 17.0 Å². The number of hydrogen-bond acceptors (Lipinski definition) is 2. The highest BCUT2D eigenvalue weighted by Gasteiger charge is 2.09. The lowest BCUT2D eigenvalue weighted by Gasteiger charge is -2.05. The van der Waals surface area contributed by atoms with E-state index in [-0.39, 0.29) is 10.9 Å². The second kappa shape index (κ2) is 4.11. The fourth-order valence-corrected chi connectivity index (χ4v) is 1.69. The Morgan fingerprint density at radius 1 is 1.54 bits per heavy atom. The largest absolute Gasteiger partial charge is 0.293 e. The van der Waals surface area contributed by atoms with E-state index in [1.807, 2.05) is 0 Å². The van der Waals surface area contributed by atoms with Gasteiger partial charge in [-0.05, 0) is 30.9 Å². The third kappa shape index (κ3) is 2.23. The minimum absolute atomic E-state index is 0.281. The van der Waals surface area contributed by atoms with Gasteiger partial charge in [-0.15, -0.1) is 11.8 Å². The Morgan fingerprint density at radius 2 is 2.15 bits per heavy atom. The van der Waals surface area contributed by atoms with Gasteiger partial charge in [0.2, 0.25) is 0 Å². The van der Waals surface area contributed by atoms with Crippen molar-refractivity contribution < 1.29 is 4.39 Å². The van der Waals surface area contributed by atoms with Crippen LogP contribution in [0.4, 0.5) is 4.39 Å². The highest BCUT2D eigenvalue weighted by atomic mass is 35.5. The molecule has 0 aromatic heterocycles. The van der Waals surface area contributed by atoms with Crippen molar-refractivity contribution in [2.24, 2.45) is 0 Å². The van der Waals surface area contributed by atoms with Gasteiger partial charge in [-0.2, -0.15) is 0 Å². The Labute approximate surface area is 85.8 Å². The first kappa shape index (κ1) is 10.5. The molecule has 0 aliphatic heterocycles. The van der Waals surface area contributed by atoms with Crippen LogP contribution in [0.2, 0.25) is 5.02 Å². The molecule has 0 fully saturated rings. The number of halogens is 2. The average Bonchev–Trinajstić information content (AvgIpc) is 2.10. The summed E-state index contributed by atoms with van der Waals surface area (Å²) < 4.78 is 13.1. The number of benzene rings is 1. The van der Waals surface area contributed by atoms with Gasteiger partial charge in [0.05, 0.1) is 10.1 Å². The van der Waals surface area contributed by atoms with Crippen molar-refractivity contribution in [3.63, 3.8) is 0 Å². The normalized spacial score (nSPS) is 10.2. The zero-order valence-corrected chi connectivity index (χ0v) is 8.89. The van der Waals surface area contributed by atoms with Crippen LogP contribution >= 0.6 is 23.4 Å². The summed E-state index contributed by atoms with van der Waals surface area (Å²) in [7, 11) is 0. The van der Waals surface area contributed by atoms with E-state index in [9.17, 15) is 4.39 Å². The number of aryl methyl sites for hydroxylation is 1. The molecule has 4 heteroatoms. The first-order chi connectivity index (χ1) is 6.06. The summed E-state index contributed by atoms with van der Waals surface area (Å²) in [4.78, 5) is 0. The van der Waals surface area contributed by atoms with E-state index < -0.39 is 0 Å². The lowest BCUT2D eigenvalue weighted by atomic mass is 10.1. The van der Waals surface area contributed by atoms with Crippen molar-refractivity contribution in [2.75, 3.05) is 6.26 Å². The lowest BCUT2D eigenvalue weighted by Crippen LogP contribution is -1.96. The van der Waals surface area contributed by atoms with Gasteiger partial charge in [0, 0.05) is 5.56 Å². The molecule has 0 saturated carbocycles. The fourth-order valence-electron chi connectivity index (χ4n) is 0.930. The van der Waals surface area contributed by atoms with Crippen molar-refractivity contribution in [1.82, 2.24) is 0 Å². The van der Waals surface area contributed by atoms with Gasteiger partial charge in [0.1, 0.15) is 5.82 Å². The molecule has 0 amide bonds. The first-order valence-electron chi connectivity index (χ1n) is 3.65. The minimum Gasteiger partial charge on any atom is -0.293 e. The second-order valence-electron chi connectivity index (χ2n) is 2.61. The molecule has 0 unspecified atom stereocenters. The molecule has 1 aromatic rings. The molecule has 1 nitrogen and oxygen atoms in total. The summed E-state index contributed by atoms with van der Waals surface area (Å²) in [5.41, 5.74) is 0.958. The molecule has 0 atom stereocenters. The third-order valence-corrected chi connectivity index (χ3v) is 2.64. The van der Waals surface area contributed by atoms with Crippen molar-refractivity contribution in [1.29, 1.82) is 5.41 Å². The van der Waals surface area contributed by atoms with Crippen molar-refractivity contribution in [2.45, 2.75) is 6.92 Å². The highest BCUT2D eigenvalue weighted by Crippen LogP contribution is 2.23. The van der Waals surface area contributed by atoms with Gasteiger partial charge in [0.15, 0.2) is 0 Å². The maximum Gasteiger partial charge on any atom is 0.126 e. The molecular formula is C9H9ClFNS. The zero-order valence-electron chi connectivity index (χ0n) is 7.32. The quantitative estimate of drug-likeness (QED) is 0.565. The first-order valence-corrected chi connectivity index (χ1v) is 5.25. The Bertz CT molecular complexity index is 352. The van der Waals surface area contributed by atoms with Gasteiger partial charge in [0.25, 0.3) is 0 Å². The molecule has 0 heterocycles. The summed E-state index contributed by atoms with van der Waals surface area (Å²) in [5.74, 6) is -0.321. The topological polar surface area (TPSA) is 23.9 Å². The number of rotatable bonds is 1. The highest BCUT2D eigenvalue weighted by molar-refractivity contribution is 8.13. The molecule has 1 aromatic carbocycles. The van der Waals surface area contributed by atoms with Gasteiger partial charge >= 0.3 is 0 Å². The zero-order chi connectivity index (χ0) is 10.0. The van der Waals surface area contributed by atoms with Crippen LogP contribution in [0.15, 0.2) is 12.1 Å². The molecule has 0 aliphatic rings. The van der Waals surface area contributed by atoms with Gasteiger partial charge in [-0.25, -0.2) is 4.39 Å². The number of thioether (sulfide) groups is 1. The monoisotopic (exact) mass is 217 g/mol. The minimum atomic E-state index is -0.321. The van der Waals surface area contributed by atoms with Crippen molar-refractivity contribution >= 4 is 28.4 Å². The molecule has 0 radical (unpaired) electrons. The molecule has 1 rings (SSSR count). The van der Waals surface area contributed by atoms with Gasteiger partial charge in [-0.3, -0.25) is 5.41 Å². The van der Waals surface area contributed by atoms with E-state index in [0.717, 1.165) is 0 Å². The Morgan fingerprint density at radius 3 is 2.69 bits per heavy atom. The Balaban J connectivity index is 3.23. The smallest absolute Gasteiger partial charge is 0.126 e. The third-order valence-electron chi connectivity index (χ3n) is 1.70. The van der Waals surface area contributed by atoms with Gasteiger partial charge in [-0.1, -0.05) is 11.6 Å². The standard InChI is InChI=1S/C9H9ClFNS/c1-5-3-7(10)6(4-8(5)11)9(12)13-2/h3-4,12H,1-2H3. The van der Waals surface area contributed by atoms with Crippen LogP contribution in [0.5, 0.6) is 0 Å². The Kier molecular flexibility index (Phi) is 3.33. The molecule has 0 aliphatic carbocycles. The molecule has 0 spiro atoms. The summed E-state index contributed by atoms with van der Waals surface area (Å²) in [6.07, 6.45) is 1.76. The van der Waals surface area contributed by atoms with E-state index in [1.165, 1.54) is 23.9 Å². The SMILES string of the molecule is CSC(=N)c1cc(F)c(C)cc1Cl. The van der Waals surface area contributed by atoms with Crippen molar-refractivity contribution in [3.05, 3.63) is 34.1 Å². The predicted molar refractivity (Wildman–Crippen MR) is 56.5 cm³/mol. The number of hydrogen-bond donors (Lipinski definition) is 1. The van der Waals surface area contributed by atoms with Crippen LogP contribution in [0, 0.1) is 18.2 Å². The van der Waals surface area contributed by atoms with Crippen LogP contribution in [-0.2, 0) is 0 Å². The van der Waals surface area contributed by atoms with E-state index >= 15 is 0 Å². The maximum atomic E-state index is 13.1. The second-order valence-corrected chi connectivity index (χ2v) is 3.84. The van der Waals surface area contributed by atoms with Crippen LogP contribution in [0.3, 0.4) is 0 Å². The molecular weight excluding hydrogens is 209 g/mol. The fraction of sp³-hybridized carbons (Fsp3) is 0.222. The van der Waals surface area contributed by atoms with E-state index in [0.29, 0.717) is 16.1 Å². The molecule has 0 bridgehead atoms. The van der Waals surface area contributed by atoms with Crippen molar-refractivity contribution in [3.8, 4) is 0 Å².